The molecular formula is C19H24N2O2. The molecular weight excluding hydrogens is 288 g/mol. The molecule has 4 nitrogen and oxygen atoms in total. The summed E-state index contributed by atoms with van der Waals surface area (Å²) in [4.78, 5) is 27.1. The number of rotatable bonds is 4. The molecule has 1 aliphatic heterocycles. The average Bonchev–Trinajstić information content (AvgIpc) is 2.58. The zero-order valence-electron chi connectivity index (χ0n) is 13.7. The third kappa shape index (κ3) is 2.90. The predicted octanol–water partition coefficient (Wildman–Crippen LogP) is 3.00. The van der Waals surface area contributed by atoms with E-state index < -0.39 is 5.41 Å². The van der Waals surface area contributed by atoms with Crippen LogP contribution in [0.3, 0.4) is 0 Å². The van der Waals surface area contributed by atoms with Crippen LogP contribution in [0, 0.1) is 5.41 Å². The van der Waals surface area contributed by atoms with Gasteiger partial charge >= 0.3 is 0 Å². The number of hydrogen-bond donors (Lipinski definition) is 1. The second-order valence-corrected chi connectivity index (χ2v) is 6.39. The fourth-order valence-corrected chi connectivity index (χ4v) is 3.79. The maximum atomic E-state index is 12.8. The molecule has 0 saturated carbocycles. The van der Waals surface area contributed by atoms with Gasteiger partial charge < -0.3 is 10.2 Å². The van der Waals surface area contributed by atoms with Crippen molar-refractivity contribution in [3.8, 4) is 0 Å². The lowest BCUT2D eigenvalue weighted by atomic mass is 9.69. The number of piperidine rings is 1. The second kappa shape index (κ2) is 6.57. The molecule has 4 heteroatoms. The maximum absolute atomic E-state index is 12.8. The van der Waals surface area contributed by atoms with Crippen LogP contribution in [-0.4, -0.2) is 23.3 Å². The summed E-state index contributed by atoms with van der Waals surface area (Å²) in [5.74, 6) is 0.207. The molecule has 1 fully saturated rings. The average molecular weight is 312 g/mol. The van der Waals surface area contributed by atoms with E-state index in [1.807, 2.05) is 42.2 Å². The Hall–Kier alpha value is -2.10. The molecule has 1 aliphatic carbocycles. The maximum Gasteiger partial charge on any atom is 0.232 e. The van der Waals surface area contributed by atoms with Gasteiger partial charge in [0.1, 0.15) is 0 Å². The van der Waals surface area contributed by atoms with Crippen molar-refractivity contribution < 1.29 is 9.59 Å². The SMILES string of the molecule is CCNC(=O)C12CCCC=C1N(Cc1ccccc1)C(=O)CC2. The van der Waals surface area contributed by atoms with E-state index in [4.69, 9.17) is 0 Å². The van der Waals surface area contributed by atoms with Crippen LogP contribution >= 0.6 is 0 Å². The number of nitrogens with one attached hydrogen (secondary N) is 1. The molecule has 122 valence electrons. The topological polar surface area (TPSA) is 49.4 Å². The summed E-state index contributed by atoms with van der Waals surface area (Å²) in [5, 5.41) is 2.99. The van der Waals surface area contributed by atoms with Crippen molar-refractivity contribution in [2.45, 2.75) is 45.6 Å². The van der Waals surface area contributed by atoms with Gasteiger partial charge in [0.05, 0.1) is 12.0 Å². The van der Waals surface area contributed by atoms with Gasteiger partial charge in [-0.15, -0.1) is 0 Å². The molecule has 0 bridgehead atoms. The number of carbonyl (C=O) groups is 2. The largest absolute Gasteiger partial charge is 0.356 e. The number of hydrogen-bond acceptors (Lipinski definition) is 2. The molecule has 2 aliphatic rings. The van der Waals surface area contributed by atoms with E-state index in [2.05, 4.69) is 11.4 Å². The van der Waals surface area contributed by atoms with E-state index in [9.17, 15) is 9.59 Å². The lowest BCUT2D eigenvalue weighted by molar-refractivity contribution is -0.141. The molecule has 23 heavy (non-hydrogen) atoms. The Balaban J connectivity index is 1.93. The highest BCUT2D eigenvalue weighted by Crippen LogP contribution is 2.47. The van der Waals surface area contributed by atoms with Crippen molar-refractivity contribution in [3.63, 3.8) is 0 Å². The van der Waals surface area contributed by atoms with Gasteiger partial charge in [0, 0.05) is 18.7 Å². The Morgan fingerprint density at radius 2 is 2.04 bits per heavy atom. The number of amides is 2. The zero-order chi connectivity index (χ0) is 16.3. The molecule has 0 spiro atoms. The van der Waals surface area contributed by atoms with E-state index >= 15 is 0 Å². The van der Waals surface area contributed by atoms with Crippen LogP contribution in [0.4, 0.5) is 0 Å². The van der Waals surface area contributed by atoms with E-state index in [0.29, 0.717) is 25.9 Å². The Morgan fingerprint density at radius 1 is 1.26 bits per heavy atom. The van der Waals surface area contributed by atoms with Gasteiger partial charge in [-0.3, -0.25) is 9.59 Å². The zero-order valence-corrected chi connectivity index (χ0v) is 13.7. The fraction of sp³-hybridized carbons (Fsp3) is 0.474. The second-order valence-electron chi connectivity index (χ2n) is 6.39. The van der Waals surface area contributed by atoms with Gasteiger partial charge in [0.15, 0.2) is 0 Å². The molecule has 1 atom stereocenters. The Labute approximate surface area is 137 Å². The summed E-state index contributed by atoms with van der Waals surface area (Å²) in [7, 11) is 0. The van der Waals surface area contributed by atoms with E-state index in [0.717, 1.165) is 30.5 Å². The van der Waals surface area contributed by atoms with Gasteiger partial charge in [0.2, 0.25) is 11.8 Å². The normalized spacial score (nSPS) is 24.0. The van der Waals surface area contributed by atoms with Gasteiger partial charge in [-0.2, -0.15) is 0 Å². The molecule has 0 aromatic heterocycles. The highest BCUT2D eigenvalue weighted by Gasteiger charge is 2.49. The molecule has 3 rings (SSSR count). The van der Waals surface area contributed by atoms with Crippen LogP contribution < -0.4 is 5.32 Å². The van der Waals surface area contributed by atoms with Crippen LogP contribution in [0.2, 0.25) is 0 Å². The molecule has 1 saturated heterocycles. The first kappa shape index (κ1) is 15.8. The van der Waals surface area contributed by atoms with Gasteiger partial charge in [-0.25, -0.2) is 0 Å². The van der Waals surface area contributed by atoms with Crippen LogP contribution in [0.5, 0.6) is 0 Å². The Bertz CT molecular complexity index is 624. The molecule has 1 aromatic carbocycles. The minimum absolute atomic E-state index is 0.0801. The minimum atomic E-state index is -0.517. The summed E-state index contributed by atoms with van der Waals surface area (Å²) >= 11 is 0. The first-order valence-electron chi connectivity index (χ1n) is 8.50. The standard InChI is InChI=1S/C19H24N2O2/c1-2-20-18(23)19-12-7-6-10-16(19)21(17(22)11-13-19)14-15-8-4-3-5-9-15/h3-5,8-10H,2,6-7,11-14H2,1H3,(H,20,23). The highest BCUT2D eigenvalue weighted by atomic mass is 16.2. The summed E-state index contributed by atoms with van der Waals surface area (Å²) in [6.45, 7) is 3.11. The number of nitrogens with zero attached hydrogens (tertiary/aromatic N) is 1. The molecule has 1 N–H and O–H groups in total. The van der Waals surface area contributed by atoms with Crippen molar-refractivity contribution in [2.24, 2.45) is 5.41 Å². The number of fused-ring (bicyclic) bond motifs is 1. The number of benzene rings is 1. The monoisotopic (exact) mass is 312 g/mol. The Kier molecular flexibility index (Phi) is 4.51. The van der Waals surface area contributed by atoms with Crippen LogP contribution in [0.1, 0.15) is 44.6 Å². The van der Waals surface area contributed by atoms with Crippen molar-refractivity contribution in [3.05, 3.63) is 47.7 Å². The minimum Gasteiger partial charge on any atom is -0.356 e. The van der Waals surface area contributed by atoms with Crippen molar-refractivity contribution in [2.75, 3.05) is 6.54 Å². The third-order valence-corrected chi connectivity index (χ3v) is 4.95. The molecule has 1 unspecified atom stereocenters. The van der Waals surface area contributed by atoms with Crippen LogP contribution in [-0.2, 0) is 16.1 Å². The molecule has 1 heterocycles. The summed E-state index contributed by atoms with van der Waals surface area (Å²) in [5.41, 5.74) is 1.51. The van der Waals surface area contributed by atoms with Gasteiger partial charge in [0.25, 0.3) is 0 Å². The Morgan fingerprint density at radius 3 is 2.78 bits per heavy atom. The smallest absolute Gasteiger partial charge is 0.232 e. The number of likely N-dealkylation sites (tertiary alicyclic amines) is 1. The number of allylic oxidation sites excluding steroid dienone is 1. The molecule has 2 amide bonds. The van der Waals surface area contributed by atoms with Crippen LogP contribution in [0.15, 0.2) is 42.1 Å². The summed E-state index contributed by atoms with van der Waals surface area (Å²) < 4.78 is 0. The highest BCUT2D eigenvalue weighted by molar-refractivity contribution is 5.91. The fourth-order valence-electron chi connectivity index (χ4n) is 3.79. The summed E-state index contributed by atoms with van der Waals surface area (Å²) in [6, 6.07) is 9.99. The van der Waals surface area contributed by atoms with Crippen molar-refractivity contribution in [1.29, 1.82) is 0 Å². The lowest BCUT2D eigenvalue weighted by Crippen LogP contribution is -2.52. The van der Waals surface area contributed by atoms with E-state index in [-0.39, 0.29) is 11.8 Å². The first-order chi connectivity index (χ1) is 11.2. The van der Waals surface area contributed by atoms with Crippen LogP contribution in [0.25, 0.3) is 0 Å². The van der Waals surface area contributed by atoms with Crippen molar-refractivity contribution in [1.82, 2.24) is 10.2 Å². The molecule has 1 aromatic rings. The van der Waals surface area contributed by atoms with Gasteiger partial charge in [-0.05, 0) is 38.2 Å². The lowest BCUT2D eigenvalue weighted by Gasteiger charge is -2.46. The molecule has 0 radical (unpaired) electrons. The van der Waals surface area contributed by atoms with E-state index in [1.165, 1.54) is 0 Å². The quantitative estimate of drug-likeness (QED) is 0.929. The van der Waals surface area contributed by atoms with Crippen molar-refractivity contribution >= 4 is 11.8 Å². The number of carbonyl (C=O) groups excluding carboxylic acids is 2. The third-order valence-electron chi connectivity index (χ3n) is 4.95. The first-order valence-corrected chi connectivity index (χ1v) is 8.50. The van der Waals surface area contributed by atoms with Gasteiger partial charge in [-0.1, -0.05) is 36.4 Å². The predicted molar refractivity (Wildman–Crippen MR) is 89.3 cm³/mol. The van der Waals surface area contributed by atoms with E-state index in [1.54, 1.807) is 0 Å². The summed E-state index contributed by atoms with van der Waals surface area (Å²) in [6.07, 6.45) is 5.97.